The van der Waals surface area contributed by atoms with Crippen molar-refractivity contribution in [2.75, 3.05) is 13.1 Å². The van der Waals surface area contributed by atoms with Crippen LogP contribution in [0.25, 0.3) is 0 Å². The maximum absolute atomic E-state index is 13.0. The molecule has 1 aliphatic heterocycles. The van der Waals surface area contributed by atoms with Crippen LogP contribution in [0.4, 0.5) is 4.39 Å². The molecule has 2 nitrogen and oxygen atoms in total. The molecular formula is C12H15BrFNO. The van der Waals surface area contributed by atoms with Crippen LogP contribution in [0.5, 0.6) is 0 Å². The van der Waals surface area contributed by atoms with Gasteiger partial charge < -0.3 is 10.1 Å². The van der Waals surface area contributed by atoms with E-state index in [4.69, 9.17) is 4.74 Å². The van der Waals surface area contributed by atoms with Gasteiger partial charge in [-0.15, -0.1) is 0 Å². The minimum atomic E-state index is -0.219. The second kappa shape index (κ2) is 5.75. The van der Waals surface area contributed by atoms with Gasteiger partial charge in [-0.25, -0.2) is 4.39 Å². The van der Waals surface area contributed by atoms with E-state index in [0.29, 0.717) is 6.61 Å². The van der Waals surface area contributed by atoms with Crippen LogP contribution in [0, 0.1) is 5.82 Å². The molecule has 1 aliphatic rings. The van der Waals surface area contributed by atoms with E-state index >= 15 is 0 Å². The molecule has 4 heteroatoms. The maximum atomic E-state index is 13.0. The highest BCUT2D eigenvalue weighted by molar-refractivity contribution is 9.10. The number of hydrogen-bond donors (Lipinski definition) is 1. The first-order valence-electron chi connectivity index (χ1n) is 5.52. The molecule has 0 bridgehead atoms. The van der Waals surface area contributed by atoms with E-state index in [0.717, 1.165) is 36.0 Å². The van der Waals surface area contributed by atoms with Gasteiger partial charge in [-0.3, -0.25) is 0 Å². The smallest absolute Gasteiger partial charge is 0.123 e. The van der Waals surface area contributed by atoms with Crippen LogP contribution in [0.15, 0.2) is 22.7 Å². The zero-order chi connectivity index (χ0) is 11.4. The van der Waals surface area contributed by atoms with E-state index in [1.807, 2.05) is 0 Å². The molecule has 0 saturated carbocycles. The first-order chi connectivity index (χ1) is 7.75. The van der Waals surface area contributed by atoms with Crippen molar-refractivity contribution in [2.45, 2.75) is 25.6 Å². The lowest BCUT2D eigenvalue weighted by Gasteiger charge is -2.23. The molecule has 1 aromatic carbocycles. The Morgan fingerprint density at radius 3 is 3.12 bits per heavy atom. The normalized spacial score (nSPS) is 21.0. The fraction of sp³-hybridized carbons (Fsp3) is 0.500. The van der Waals surface area contributed by atoms with Crippen molar-refractivity contribution in [3.05, 3.63) is 34.1 Å². The largest absolute Gasteiger partial charge is 0.372 e. The molecule has 2 rings (SSSR count). The summed E-state index contributed by atoms with van der Waals surface area (Å²) in [7, 11) is 0. The lowest BCUT2D eigenvalue weighted by Crippen LogP contribution is -2.35. The zero-order valence-electron chi connectivity index (χ0n) is 9.01. The van der Waals surface area contributed by atoms with Crippen LogP contribution in [0.3, 0.4) is 0 Å². The molecule has 1 N–H and O–H groups in total. The molecular weight excluding hydrogens is 273 g/mol. The Kier molecular flexibility index (Phi) is 4.32. The van der Waals surface area contributed by atoms with Crippen LogP contribution in [-0.4, -0.2) is 19.2 Å². The third kappa shape index (κ3) is 3.27. The van der Waals surface area contributed by atoms with E-state index in [9.17, 15) is 4.39 Å². The summed E-state index contributed by atoms with van der Waals surface area (Å²) >= 11 is 3.39. The minimum Gasteiger partial charge on any atom is -0.372 e. The SMILES string of the molecule is Fc1ccc(Br)c(CO[C@H]2CCCNC2)c1. The fourth-order valence-electron chi connectivity index (χ4n) is 1.82. The summed E-state index contributed by atoms with van der Waals surface area (Å²) in [5.41, 5.74) is 0.866. The molecule has 1 atom stereocenters. The van der Waals surface area contributed by atoms with Crippen molar-refractivity contribution in [3.8, 4) is 0 Å². The molecule has 0 radical (unpaired) electrons. The number of ether oxygens (including phenoxy) is 1. The molecule has 0 unspecified atom stereocenters. The van der Waals surface area contributed by atoms with Crippen LogP contribution >= 0.6 is 15.9 Å². The number of piperidine rings is 1. The van der Waals surface area contributed by atoms with E-state index < -0.39 is 0 Å². The first-order valence-corrected chi connectivity index (χ1v) is 6.31. The van der Waals surface area contributed by atoms with Gasteiger partial charge >= 0.3 is 0 Å². The van der Waals surface area contributed by atoms with Gasteiger partial charge in [-0.05, 0) is 43.1 Å². The monoisotopic (exact) mass is 287 g/mol. The van der Waals surface area contributed by atoms with Crippen molar-refractivity contribution in [2.24, 2.45) is 0 Å². The van der Waals surface area contributed by atoms with Crippen LogP contribution in [0.1, 0.15) is 18.4 Å². The number of halogens is 2. The van der Waals surface area contributed by atoms with E-state index in [-0.39, 0.29) is 11.9 Å². The molecule has 0 spiro atoms. The highest BCUT2D eigenvalue weighted by Gasteiger charge is 2.13. The van der Waals surface area contributed by atoms with Crippen LogP contribution in [-0.2, 0) is 11.3 Å². The Morgan fingerprint density at radius 1 is 1.50 bits per heavy atom. The summed E-state index contributed by atoms with van der Waals surface area (Å²) in [6.07, 6.45) is 2.48. The van der Waals surface area contributed by atoms with Crippen LogP contribution < -0.4 is 5.32 Å². The van der Waals surface area contributed by atoms with Gasteiger partial charge in [-0.1, -0.05) is 15.9 Å². The molecule has 1 aromatic rings. The van der Waals surface area contributed by atoms with Crippen molar-refractivity contribution in [1.29, 1.82) is 0 Å². The molecule has 0 amide bonds. The number of nitrogens with one attached hydrogen (secondary N) is 1. The number of benzene rings is 1. The van der Waals surface area contributed by atoms with Gasteiger partial charge in [0.25, 0.3) is 0 Å². The molecule has 0 aromatic heterocycles. The van der Waals surface area contributed by atoms with E-state index in [1.165, 1.54) is 12.1 Å². The summed E-state index contributed by atoms with van der Waals surface area (Å²) in [5.74, 6) is -0.219. The summed E-state index contributed by atoms with van der Waals surface area (Å²) < 4.78 is 19.7. The molecule has 1 saturated heterocycles. The lowest BCUT2D eigenvalue weighted by atomic mass is 10.1. The Bertz CT molecular complexity index is 353. The lowest BCUT2D eigenvalue weighted by molar-refractivity contribution is 0.0249. The number of hydrogen-bond acceptors (Lipinski definition) is 2. The topological polar surface area (TPSA) is 21.3 Å². The summed E-state index contributed by atoms with van der Waals surface area (Å²) in [6, 6.07) is 4.67. The average Bonchev–Trinajstić information content (AvgIpc) is 2.32. The maximum Gasteiger partial charge on any atom is 0.123 e. The van der Waals surface area contributed by atoms with Gasteiger partial charge in [0.2, 0.25) is 0 Å². The summed E-state index contributed by atoms with van der Waals surface area (Å²) in [4.78, 5) is 0. The Morgan fingerprint density at radius 2 is 2.38 bits per heavy atom. The third-order valence-corrected chi connectivity index (χ3v) is 3.51. The van der Waals surface area contributed by atoms with Gasteiger partial charge in [-0.2, -0.15) is 0 Å². The second-order valence-electron chi connectivity index (χ2n) is 4.02. The van der Waals surface area contributed by atoms with Crippen molar-refractivity contribution in [1.82, 2.24) is 5.32 Å². The van der Waals surface area contributed by atoms with Gasteiger partial charge in [0.1, 0.15) is 5.82 Å². The summed E-state index contributed by atoms with van der Waals surface area (Å²) in [6.45, 7) is 2.43. The van der Waals surface area contributed by atoms with Gasteiger partial charge in [0.05, 0.1) is 12.7 Å². The second-order valence-corrected chi connectivity index (χ2v) is 4.87. The molecule has 1 heterocycles. The fourth-order valence-corrected chi connectivity index (χ4v) is 2.18. The number of rotatable bonds is 3. The van der Waals surface area contributed by atoms with Crippen molar-refractivity contribution in [3.63, 3.8) is 0 Å². The highest BCUT2D eigenvalue weighted by Crippen LogP contribution is 2.20. The van der Waals surface area contributed by atoms with E-state index in [1.54, 1.807) is 6.07 Å². The predicted molar refractivity (Wildman–Crippen MR) is 64.8 cm³/mol. The molecule has 1 fully saturated rings. The quantitative estimate of drug-likeness (QED) is 0.923. The molecule has 0 aliphatic carbocycles. The Hall–Kier alpha value is -0.450. The molecule has 16 heavy (non-hydrogen) atoms. The van der Waals surface area contributed by atoms with Crippen molar-refractivity contribution >= 4 is 15.9 Å². The standard InChI is InChI=1S/C12H15BrFNO/c13-12-4-3-10(14)6-9(12)8-16-11-2-1-5-15-7-11/h3-4,6,11,15H,1-2,5,7-8H2/t11-/m0/s1. The van der Waals surface area contributed by atoms with Gasteiger partial charge in [0.15, 0.2) is 0 Å². The third-order valence-electron chi connectivity index (χ3n) is 2.73. The Labute approximate surface area is 103 Å². The average molecular weight is 288 g/mol. The minimum absolute atomic E-state index is 0.219. The van der Waals surface area contributed by atoms with E-state index in [2.05, 4.69) is 21.2 Å². The first kappa shape index (κ1) is 12.0. The van der Waals surface area contributed by atoms with Crippen molar-refractivity contribution < 1.29 is 9.13 Å². The Balaban J connectivity index is 1.90. The highest BCUT2D eigenvalue weighted by atomic mass is 79.9. The van der Waals surface area contributed by atoms with Crippen LogP contribution in [0.2, 0.25) is 0 Å². The predicted octanol–water partition coefficient (Wildman–Crippen LogP) is 2.86. The zero-order valence-corrected chi connectivity index (χ0v) is 10.6. The molecule has 88 valence electrons. The van der Waals surface area contributed by atoms with Gasteiger partial charge in [0, 0.05) is 11.0 Å². The summed E-state index contributed by atoms with van der Waals surface area (Å²) in [5, 5.41) is 3.29.